The van der Waals surface area contributed by atoms with Gasteiger partial charge in [0.15, 0.2) is 5.82 Å². The lowest BCUT2D eigenvalue weighted by Crippen LogP contribution is -2.44. The molecule has 0 aromatic carbocycles. The third kappa shape index (κ3) is 2.56. The normalized spacial score (nSPS) is 20.6. The number of likely N-dealkylation sites (N-methyl/N-ethyl adjacent to an activating group) is 1. The Hall–Kier alpha value is -0.950. The van der Waals surface area contributed by atoms with Gasteiger partial charge in [0.2, 0.25) is 0 Å². The molecule has 1 unspecified atom stereocenters. The number of nitrogens with zero attached hydrogens (tertiary/aromatic N) is 3. The van der Waals surface area contributed by atoms with Crippen LogP contribution in [0.15, 0.2) is 22.0 Å². The molecule has 0 radical (unpaired) electrons. The zero-order valence-electron chi connectivity index (χ0n) is 10.00. The second kappa shape index (κ2) is 5.79. The topological polar surface area (TPSA) is 54.2 Å². The van der Waals surface area contributed by atoms with Crippen molar-refractivity contribution in [3.8, 4) is 10.8 Å². The first kappa shape index (κ1) is 13.5. The molecule has 1 saturated heterocycles. The fourth-order valence-electron chi connectivity index (χ4n) is 1.96. The highest BCUT2D eigenvalue weighted by Gasteiger charge is 2.25. The van der Waals surface area contributed by atoms with E-state index in [2.05, 4.69) is 27.4 Å². The second-order valence-corrected chi connectivity index (χ2v) is 5.08. The Bertz CT molecular complexity index is 487. The van der Waals surface area contributed by atoms with Crippen molar-refractivity contribution < 1.29 is 4.52 Å². The minimum atomic E-state index is 0. The lowest BCUT2D eigenvalue weighted by atomic mass is 10.2. The van der Waals surface area contributed by atoms with Crippen LogP contribution in [0.2, 0.25) is 0 Å². The van der Waals surface area contributed by atoms with Gasteiger partial charge in [-0.1, -0.05) is 11.2 Å². The minimum absolute atomic E-state index is 0. The van der Waals surface area contributed by atoms with Crippen molar-refractivity contribution in [3.05, 3.63) is 23.3 Å². The van der Waals surface area contributed by atoms with Crippen LogP contribution in [0.4, 0.5) is 0 Å². The monoisotopic (exact) mass is 286 g/mol. The molecule has 1 atom stereocenters. The number of thiophene rings is 1. The summed E-state index contributed by atoms with van der Waals surface area (Å²) in [7, 11) is 2.09. The van der Waals surface area contributed by atoms with Gasteiger partial charge < -0.3 is 9.84 Å². The summed E-state index contributed by atoms with van der Waals surface area (Å²) in [6.07, 6.45) is 0. The van der Waals surface area contributed by atoms with E-state index in [0.29, 0.717) is 5.89 Å². The molecule has 0 bridgehead atoms. The largest absolute Gasteiger partial charge is 0.333 e. The maximum Gasteiger partial charge on any atom is 0.268 e. The van der Waals surface area contributed by atoms with Crippen LogP contribution in [-0.2, 0) is 0 Å². The van der Waals surface area contributed by atoms with E-state index in [-0.39, 0.29) is 18.4 Å². The molecule has 18 heavy (non-hydrogen) atoms. The van der Waals surface area contributed by atoms with E-state index in [1.165, 1.54) is 0 Å². The molecule has 3 heterocycles. The summed E-state index contributed by atoms with van der Waals surface area (Å²) in [6.45, 7) is 2.90. The van der Waals surface area contributed by atoms with Crippen LogP contribution < -0.4 is 5.32 Å². The Morgan fingerprint density at radius 1 is 1.56 bits per heavy atom. The molecule has 2 aromatic rings. The molecular weight excluding hydrogens is 272 g/mol. The molecule has 0 saturated carbocycles. The molecule has 3 rings (SSSR count). The van der Waals surface area contributed by atoms with E-state index in [9.17, 15) is 0 Å². The summed E-state index contributed by atoms with van der Waals surface area (Å²) >= 11 is 1.61. The van der Waals surface area contributed by atoms with Crippen molar-refractivity contribution in [2.45, 2.75) is 6.04 Å². The van der Waals surface area contributed by atoms with E-state index in [1.54, 1.807) is 11.3 Å². The average molecular weight is 287 g/mol. The first-order chi connectivity index (χ1) is 8.34. The summed E-state index contributed by atoms with van der Waals surface area (Å²) in [5, 5.41) is 9.44. The van der Waals surface area contributed by atoms with Crippen molar-refractivity contribution in [2.75, 3.05) is 26.7 Å². The Kier molecular flexibility index (Phi) is 4.34. The van der Waals surface area contributed by atoms with Crippen LogP contribution in [-0.4, -0.2) is 41.7 Å². The van der Waals surface area contributed by atoms with E-state index >= 15 is 0 Å². The number of nitrogens with one attached hydrogen (secondary N) is 1. The molecule has 1 aliphatic rings. The first-order valence-electron chi connectivity index (χ1n) is 5.63. The SMILES string of the molecule is CN1CCNCC1c1noc(-c2cccs2)n1.Cl. The van der Waals surface area contributed by atoms with E-state index in [0.717, 1.165) is 30.3 Å². The predicted molar refractivity (Wildman–Crippen MR) is 73.1 cm³/mol. The maximum atomic E-state index is 5.31. The standard InChI is InChI=1S/C11H14N4OS.ClH/c1-15-5-4-12-7-8(15)10-13-11(16-14-10)9-3-2-6-17-9;/h2-3,6,8,12H,4-5,7H2,1H3;1H. The van der Waals surface area contributed by atoms with Crippen LogP contribution in [0, 0.1) is 0 Å². The number of rotatable bonds is 2. The fraction of sp³-hybridized carbons (Fsp3) is 0.455. The zero-order valence-corrected chi connectivity index (χ0v) is 11.6. The van der Waals surface area contributed by atoms with Crippen LogP contribution >= 0.6 is 23.7 Å². The summed E-state index contributed by atoms with van der Waals surface area (Å²) in [4.78, 5) is 7.75. The molecular formula is C11H15ClN4OS. The maximum absolute atomic E-state index is 5.31. The molecule has 98 valence electrons. The van der Waals surface area contributed by atoms with Crippen molar-refractivity contribution in [1.82, 2.24) is 20.4 Å². The Labute approximate surface area is 116 Å². The Balaban J connectivity index is 0.00000120. The summed E-state index contributed by atoms with van der Waals surface area (Å²) in [5.74, 6) is 1.39. The summed E-state index contributed by atoms with van der Waals surface area (Å²) in [5.41, 5.74) is 0. The number of hydrogen-bond donors (Lipinski definition) is 1. The van der Waals surface area contributed by atoms with Crippen LogP contribution in [0.3, 0.4) is 0 Å². The third-order valence-electron chi connectivity index (χ3n) is 2.98. The number of aromatic nitrogens is 2. The molecule has 1 fully saturated rings. The highest BCUT2D eigenvalue weighted by molar-refractivity contribution is 7.13. The molecule has 1 aliphatic heterocycles. The van der Waals surface area contributed by atoms with Crippen molar-refractivity contribution in [2.24, 2.45) is 0 Å². The highest BCUT2D eigenvalue weighted by atomic mass is 35.5. The summed E-state index contributed by atoms with van der Waals surface area (Å²) in [6, 6.07) is 4.18. The van der Waals surface area contributed by atoms with Gasteiger partial charge in [-0.3, -0.25) is 4.90 Å². The van der Waals surface area contributed by atoms with Gasteiger partial charge in [0.25, 0.3) is 5.89 Å². The van der Waals surface area contributed by atoms with Gasteiger partial charge >= 0.3 is 0 Å². The van der Waals surface area contributed by atoms with Gasteiger partial charge in [0, 0.05) is 19.6 Å². The third-order valence-corrected chi connectivity index (χ3v) is 3.84. The lowest BCUT2D eigenvalue weighted by molar-refractivity contribution is 0.190. The van der Waals surface area contributed by atoms with Crippen LogP contribution in [0.25, 0.3) is 10.8 Å². The van der Waals surface area contributed by atoms with Crippen molar-refractivity contribution >= 4 is 23.7 Å². The van der Waals surface area contributed by atoms with Gasteiger partial charge in [-0.25, -0.2) is 0 Å². The van der Waals surface area contributed by atoms with Gasteiger partial charge in [-0.05, 0) is 18.5 Å². The molecule has 1 N–H and O–H groups in total. The Morgan fingerprint density at radius 2 is 2.44 bits per heavy atom. The summed E-state index contributed by atoms with van der Waals surface area (Å²) < 4.78 is 5.31. The van der Waals surface area contributed by atoms with Crippen molar-refractivity contribution in [3.63, 3.8) is 0 Å². The molecule has 0 amide bonds. The average Bonchev–Trinajstić information content (AvgIpc) is 3.00. The van der Waals surface area contributed by atoms with E-state index in [4.69, 9.17) is 4.52 Å². The zero-order chi connectivity index (χ0) is 11.7. The van der Waals surface area contributed by atoms with Gasteiger partial charge in [0.05, 0.1) is 10.9 Å². The van der Waals surface area contributed by atoms with E-state index in [1.807, 2.05) is 17.5 Å². The lowest BCUT2D eigenvalue weighted by Gasteiger charge is -2.30. The van der Waals surface area contributed by atoms with Crippen LogP contribution in [0.5, 0.6) is 0 Å². The molecule has 0 spiro atoms. The van der Waals surface area contributed by atoms with E-state index < -0.39 is 0 Å². The van der Waals surface area contributed by atoms with Crippen molar-refractivity contribution in [1.29, 1.82) is 0 Å². The highest BCUT2D eigenvalue weighted by Crippen LogP contribution is 2.25. The number of halogens is 1. The van der Waals surface area contributed by atoms with Gasteiger partial charge in [-0.2, -0.15) is 4.98 Å². The van der Waals surface area contributed by atoms with Gasteiger partial charge in [-0.15, -0.1) is 23.7 Å². The molecule has 5 nitrogen and oxygen atoms in total. The quantitative estimate of drug-likeness (QED) is 0.912. The second-order valence-electron chi connectivity index (χ2n) is 4.14. The van der Waals surface area contributed by atoms with Gasteiger partial charge in [0.1, 0.15) is 0 Å². The number of hydrogen-bond acceptors (Lipinski definition) is 6. The molecule has 2 aromatic heterocycles. The fourth-order valence-corrected chi connectivity index (χ4v) is 2.61. The molecule has 7 heteroatoms. The first-order valence-corrected chi connectivity index (χ1v) is 6.51. The predicted octanol–water partition coefficient (Wildman–Crippen LogP) is 1.80. The number of piperazine rings is 1. The van der Waals surface area contributed by atoms with Crippen LogP contribution in [0.1, 0.15) is 11.9 Å². The minimum Gasteiger partial charge on any atom is -0.333 e. The Morgan fingerprint density at radius 3 is 3.17 bits per heavy atom. The smallest absolute Gasteiger partial charge is 0.268 e. The molecule has 0 aliphatic carbocycles.